The second-order valence-electron chi connectivity index (χ2n) is 3.13. The molecule has 0 radical (unpaired) electrons. The van der Waals surface area contributed by atoms with Gasteiger partial charge < -0.3 is 19.7 Å². The van der Waals surface area contributed by atoms with Crippen molar-refractivity contribution in [3.63, 3.8) is 0 Å². The zero-order valence-corrected chi connectivity index (χ0v) is 8.97. The van der Waals surface area contributed by atoms with Crippen LogP contribution in [0, 0.1) is 0 Å². The minimum absolute atomic E-state index is 0.0287. The lowest BCUT2D eigenvalue weighted by Crippen LogP contribution is -2.10. The molecule has 0 saturated heterocycles. The number of benzene rings is 1. The van der Waals surface area contributed by atoms with Gasteiger partial charge in [-0.25, -0.2) is 0 Å². The molecule has 0 aliphatic rings. The summed E-state index contributed by atoms with van der Waals surface area (Å²) in [7, 11) is 0. The van der Waals surface area contributed by atoms with Crippen LogP contribution in [0.4, 0.5) is 0 Å². The molecule has 0 heterocycles. The molecule has 0 aromatic heterocycles. The number of phenolic OH excluding ortho intramolecular Hbond substituents is 2. The lowest BCUT2D eigenvalue weighted by molar-refractivity contribution is -0.154. The van der Waals surface area contributed by atoms with Gasteiger partial charge in [0, 0.05) is 6.61 Å². The molecular weight excluding hydrogens is 212 g/mol. The molecular formula is C11H14O5. The van der Waals surface area contributed by atoms with Crippen molar-refractivity contribution < 1.29 is 24.5 Å². The second-order valence-corrected chi connectivity index (χ2v) is 3.13. The lowest BCUT2D eigenvalue weighted by Gasteiger charge is -2.05. The van der Waals surface area contributed by atoms with Crippen LogP contribution in [0.1, 0.15) is 12.5 Å². The van der Waals surface area contributed by atoms with Crippen molar-refractivity contribution in [1.29, 1.82) is 0 Å². The van der Waals surface area contributed by atoms with Crippen LogP contribution in [-0.2, 0) is 20.7 Å². The van der Waals surface area contributed by atoms with Crippen LogP contribution in [0.5, 0.6) is 11.5 Å². The fourth-order valence-corrected chi connectivity index (χ4v) is 1.09. The molecule has 1 aromatic carbocycles. The van der Waals surface area contributed by atoms with Crippen molar-refractivity contribution >= 4 is 5.97 Å². The van der Waals surface area contributed by atoms with Crippen LogP contribution in [-0.4, -0.2) is 29.6 Å². The molecule has 0 unspecified atom stereocenters. The third kappa shape index (κ3) is 3.78. The van der Waals surface area contributed by atoms with E-state index in [9.17, 15) is 9.90 Å². The van der Waals surface area contributed by atoms with E-state index in [0.717, 1.165) is 0 Å². The van der Waals surface area contributed by atoms with Gasteiger partial charge in [0.25, 0.3) is 0 Å². The predicted molar refractivity (Wildman–Crippen MR) is 56.1 cm³/mol. The molecule has 5 heteroatoms. The molecule has 88 valence electrons. The Bertz CT molecular complexity index is 361. The van der Waals surface area contributed by atoms with Gasteiger partial charge in [-0.15, -0.1) is 0 Å². The minimum Gasteiger partial charge on any atom is -0.504 e. The van der Waals surface area contributed by atoms with Crippen LogP contribution in [0.2, 0.25) is 0 Å². The van der Waals surface area contributed by atoms with Gasteiger partial charge in [0.15, 0.2) is 18.3 Å². The first-order chi connectivity index (χ1) is 7.63. The molecule has 1 rings (SSSR count). The molecule has 0 amide bonds. The van der Waals surface area contributed by atoms with E-state index in [2.05, 4.69) is 0 Å². The van der Waals surface area contributed by atoms with Crippen molar-refractivity contribution in [2.24, 2.45) is 0 Å². The normalized spacial score (nSPS) is 10.1. The Morgan fingerprint density at radius 2 is 2.06 bits per heavy atom. The Labute approximate surface area is 93.2 Å². The smallest absolute Gasteiger partial charge is 0.312 e. The first-order valence-electron chi connectivity index (χ1n) is 4.87. The van der Waals surface area contributed by atoms with Crippen LogP contribution >= 0.6 is 0 Å². The van der Waals surface area contributed by atoms with E-state index < -0.39 is 5.97 Å². The Balaban J connectivity index is 2.46. The Hall–Kier alpha value is -1.75. The number of aromatic hydroxyl groups is 2. The molecule has 0 aliphatic carbocycles. The topological polar surface area (TPSA) is 76.0 Å². The number of esters is 1. The fourth-order valence-electron chi connectivity index (χ4n) is 1.09. The summed E-state index contributed by atoms with van der Waals surface area (Å²) in [5, 5.41) is 18.3. The van der Waals surface area contributed by atoms with E-state index in [-0.39, 0.29) is 24.7 Å². The highest BCUT2D eigenvalue weighted by Crippen LogP contribution is 2.25. The molecule has 0 atom stereocenters. The van der Waals surface area contributed by atoms with E-state index in [1.807, 2.05) is 0 Å². The summed E-state index contributed by atoms with van der Waals surface area (Å²) >= 11 is 0. The molecule has 2 N–H and O–H groups in total. The van der Waals surface area contributed by atoms with Crippen molar-refractivity contribution in [1.82, 2.24) is 0 Å². The summed E-state index contributed by atoms with van der Waals surface area (Å²) in [6.45, 7) is 2.21. The van der Waals surface area contributed by atoms with Gasteiger partial charge in [-0.1, -0.05) is 6.07 Å². The number of hydrogen-bond acceptors (Lipinski definition) is 5. The maximum absolute atomic E-state index is 11.2. The van der Waals surface area contributed by atoms with Gasteiger partial charge in [0.2, 0.25) is 0 Å². The third-order valence-corrected chi connectivity index (χ3v) is 1.90. The third-order valence-electron chi connectivity index (χ3n) is 1.90. The first kappa shape index (κ1) is 12.3. The van der Waals surface area contributed by atoms with E-state index in [4.69, 9.17) is 14.6 Å². The number of hydrogen-bond donors (Lipinski definition) is 2. The quantitative estimate of drug-likeness (QED) is 0.341. The molecule has 0 saturated carbocycles. The maximum atomic E-state index is 11.2. The minimum atomic E-state index is -0.446. The number of carbonyl (C=O) groups is 1. The van der Waals surface area contributed by atoms with Gasteiger partial charge in [-0.2, -0.15) is 0 Å². The van der Waals surface area contributed by atoms with Crippen LogP contribution in [0.15, 0.2) is 18.2 Å². The van der Waals surface area contributed by atoms with Gasteiger partial charge in [0.05, 0.1) is 6.42 Å². The summed E-state index contributed by atoms with van der Waals surface area (Å²) in [6, 6.07) is 4.18. The van der Waals surface area contributed by atoms with Crippen LogP contribution in [0.3, 0.4) is 0 Å². The number of carbonyl (C=O) groups excluding carboxylic acids is 1. The SMILES string of the molecule is CCOCOC(=O)Cc1ccc(O)c(O)c1. The average molecular weight is 226 g/mol. The van der Waals surface area contributed by atoms with Gasteiger partial charge in [-0.05, 0) is 24.6 Å². The predicted octanol–water partition coefficient (Wildman–Crippen LogP) is 1.18. The summed E-state index contributed by atoms with van der Waals surface area (Å²) < 4.78 is 9.60. The van der Waals surface area contributed by atoms with E-state index in [1.54, 1.807) is 6.92 Å². The molecule has 0 aliphatic heterocycles. The molecule has 1 aromatic rings. The highest BCUT2D eigenvalue weighted by molar-refractivity contribution is 5.72. The van der Waals surface area contributed by atoms with Crippen LogP contribution < -0.4 is 0 Å². The second kappa shape index (κ2) is 5.97. The van der Waals surface area contributed by atoms with Crippen molar-refractivity contribution in [2.45, 2.75) is 13.3 Å². The Morgan fingerprint density at radius 1 is 1.31 bits per heavy atom. The average Bonchev–Trinajstić information content (AvgIpc) is 2.24. The number of ether oxygens (including phenoxy) is 2. The number of phenols is 2. The van der Waals surface area contributed by atoms with E-state index >= 15 is 0 Å². The van der Waals surface area contributed by atoms with Crippen molar-refractivity contribution in [2.75, 3.05) is 13.4 Å². The van der Waals surface area contributed by atoms with E-state index in [1.165, 1.54) is 18.2 Å². The summed E-state index contributed by atoms with van der Waals surface area (Å²) in [5.41, 5.74) is 0.566. The highest BCUT2D eigenvalue weighted by Gasteiger charge is 2.07. The summed E-state index contributed by atoms with van der Waals surface area (Å²) in [6.07, 6.45) is 0.0287. The monoisotopic (exact) mass is 226 g/mol. The van der Waals surface area contributed by atoms with Gasteiger partial charge in [-0.3, -0.25) is 4.79 Å². The van der Waals surface area contributed by atoms with Crippen molar-refractivity contribution in [3.05, 3.63) is 23.8 Å². The number of rotatable bonds is 5. The van der Waals surface area contributed by atoms with E-state index in [0.29, 0.717) is 12.2 Å². The zero-order valence-electron chi connectivity index (χ0n) is 8.97. The molecule has 5 nitrogen and oxygen atoms in total. The fraction of sp³-hybridized carbons (Fsp3) is 0.364. The first-order valence-corrected chi connectivity index (χ1v) is 4.87. The molecule has 16 heavy (non-hydrogen) atoms. The molecule has 0 bridgehead atoms. The maximum Gasteiger partial charge on any atom is 0.312 e. The molecule has 0 spiro atoms. The highest BCUT2D eigenvalue weighted by atomic mass is 16.7. The summed E-state index contributed by atoms with van der Waals surface area (Å²) in [4.78, 5) is 11.2. The largest absolute Gasteiger partial charge is 0.504 e. The van der Waals surface area contributed by atoms with Crippen molar-refractivity contribution in [3.8, 4) is 11.5 Å². The Kier molecular flexibility index (Phi) is 4.60. The van der Waals surface area contributed by atoms with Crippen LogP contribution in [0.25, 0.3) is 0 Å². The lowest BCUT2D eigenvalue weighted by atomic mass is 10.1. The zero-order chi connectivity index (χ0) is 12.0. The van der Waals surface area contributed by atoms with Gasteiger partial charge in [0.1, 0.15) is 0 Å². The Morgan fingerprint density at radius 3 is 2.69 bits per heavy atom. The summed E-state index contributed by atoms with van der Waals surface area (Å²) in [5.74, 6) is -0.917. The van der Waals surface area contributed by atoms with Gasteiger partial charge >= 0.3 is 5.97 Å². The molecule has 0 fully saturated rings. The standard InChI is InChI=1S/C11H14O5/c1-2-15-7-16-11(14)6-8-3-4-9(12)10(13)5-8/h3-5,12-13H,2,6-7H2,1H3.